The Morgan fingerprint density at radius 1 is 1.05 bits per heavy atom. The van der Waals surface area contributed by atoms with Crippen LogP contribution >= 0.6 is 0 Å². The molecule has 0 aliphatic heterocycles. The summed E-state index contributed by atoms with van der Waals surface area (Å²) in [5, 5.41) is 1.78. The van der Waals surface area contributed by atoms with E-state index in [-0.39, 0.29) is 11.8 Å². The van der Waals surface area contributed by atoms with Gasteiger partial charge in [-0.15, -0.1) is 0 Å². The van der Waals surface area contributed by atoms with E-state index in [1.807, 2.05) is 55.6 Å². The molecule has 2 aromatic carbocycles. The standard InChI is InChI=1S/C17H18N2O/c1-19(14-10-6-3-7-11-14)18-17(20)16-12-15(16)13-8-4-2-5-9-13/h2-11,15-16H,12H2,1H3,(H,18,20)/t15-,16+/m1/s1. The van der Waals surface area contributed by atoms with Gasteiger partial charge in [-0.3, -0.25) is 15.2 Å². The van der Waals surface area contributed by atoms with Gasteiger partial charge in [0.1, 0.15) is 0 Å². The fourth-order valence-corrected chi connectivity index (χ4v) is 2.52. The van der Waals surface area contributed by atoms with Gasteiger partial charge in [-0.25, -0.2) is 0 Å². The molecule has 0 unspecified atom stereocenters. The maximum absolute atomic E-state index is 12.2. The third-order valence-electron chi connectivity index (χ3n) is 3.78. The molecule has 2 atom stereocenters. The molecule has 20 heavy (non-hydrogen) atoms. The highest BCUT2D eigenvalue weighted by atomic mass is 16.2. The molecule has 3 nitrogen and oxygen atoms in total. The van der Waals surface area contributed by atoms with E-state index in [2.05, 4.69) is 17.6 Å². The predicted octanol–water partition coefficient (Wildman–Crippen LogP) is 2.96. The summed E-state index contributed by atoms with van der Waals surface area (Å²) in [7, 11) is 1.87. The third kappa shape index (κ3) is 2.67. The van der Waals surface area contributed by atoms with Crippen LogP contribution in [-0.2, 0) is 4.79 Å². The second-order valence-electron chi connectivity index (χ2n) is 5.23. The molecule has 102 valence electrons. The number of hydrogen-bond acceptors (Lipinski definition) is 2. The maximum Gasteiger partial charge on any atom is 0.242 e. The Morgan fingerprint density at radius 3 is 2.30 bits per heavy atom. The van der Waals surface area contributed by atoms with Gasteiger partial charge in [-0.2, -0.15) is 0 Å². The van der Waals surface area contributed by atoms with Gasteiger partial charge in [-0.1, -0.05) is 48.5 Å². The highest BCUT2D eigenvalue weighted by molar-refractivity contribution is 5.84. The van der Waals surface area contributed by atoms with Crippen LogP contribution in [0.2, 0.25) is 0 Å². The van der Waals surface area contributed by atoms with Crippen LogP contribution in [0, 0.1) is 5.92 Å². The van der Waals surface area contributed by atoms with Crippen LogP contribution < -0.4 is 10.4 Å². The van der Waals surface area contributed by atoms with Crippen molar-refractivity contribution < 1.29 is 4.79 Å². The zero-order chi connectivity index (χ0) is 13.9. The first kappa shape index (κ1) is 12.7. The van der Waals surface area contributed by atoms with Crippen molar-refractivity contribution in [3.63, 3.8) is 0 Å². The van der Waals surface area contributed by atoms with Crippen LogP contribution in [-0.4, -0.2) is 13.0 Å². The SMILES string of the molecule is CN(NC(=O)[C@H]1C[C@@H]1c1ccccc1)c1ccccc1. The number of nitrogens with one attached hydrogen (secondary N) is 1. The summed E-state index contributed by atoms with van der Waals surface area (Å²) in [5.41, 5.74) is 5.20. The lowest BCUT2D eigenvalue weighted by Crippen LogP contribution is -2.40. The minimum Gasteiger partial charge on any atom is -0.289 e. The molecule has 0 saturated heterocycles. The fourth-order valence-electron chi connectivity index (χ4n) is 2.52. The molecule has 1 saturated carbocycles. The molecule has 1 fully saturated rings. The number of hydrogen-bond donors (Lipinski definition) is 1. The van der Waals surface area contributed by atoms with E-state index in [0.717, 1.165) is 12.1 Å². The van der Waals surface area contributed by atoms with Crippen molar-refractivity contribution in [1.29, 1.82) is 0 Å². The molecule has 2 aromatic rings. The van der Waals surface area contributed by atoms with Gasteiger partial charge < -0.3 is 0 Å². The largest absolute Gasteiger partial charge is 0.289 e. The van der Waals surface area contributed by atoms with Gasteiger partial charge in [0.15, 0.2) is 0 Å². The van der Waals surface area contributed by atoms with Gasteiger partial charge >= 0.3 is 0 Å². The zero-order valence-corrected chi connectivity index (χ0v) is 11.5. The van der Waals surface area contributed by atoms with E-state index in [1.165, 1.54) is 5.56 Å². The van der Waals surface area contributed by atoms with Crippen molar-refractivity contribution in [1.82, 2.24) is 5.43 Å². The molecule has 0 bridgehead atoms. The molecule has 0 aromatic heterocycles. The first-order valence-electron chi connectivity index (χ1n) is 6.90. The van der Waals surface area contributed by atoms with E-state index in [1.54, 1.807) is 5.01 Å². The Balaban J connectivity index is 1.59. The molecule has 0 radical (unpaired) electrons. The highest BCUT2D eigenvalue weighted by Crippen LogP contribution is 2.47. The smallest absolute Gasteiger partial charge is 0.242 e. The van der Waals surface area contributed by atoms with Gasteiger partial charge in [-0.05, 0) is 30.0 Å². The van der Waals surface area contributed by atoms with Crippen molar-refractivity contribution in [2.24, 2.45) is 5.92 Å². The molecule has 0 spiro atoms. The highest BCUT2D eigenvalue weighted by Gasteiger charge is 2.44. The molecule has 1 aliphatic carbocycles. The molecule has 1 aliphatic rings. The minimum atomic E-state index is 0.101. The van der Waals surface area contributed by atoms with E-state index < -0.39 is 0 Å². The van der Waals surface area contributed by atoms with E-state index in [0.29, 0.717) is 5.92 Å². The summed E-state index contributed by atoms with van der Waals surface area (Å²) in [6.45, 7) is 0. The normalized spacial score (nSPS) is 20.2. The van der Waals surface area contributed by atoms with E-state index in [4.69, 9.17) is 0 Å². The second-order valence-corrected chi connectivity index (χ2v) is 5.23. The Kier molecular flexibility index (Phi) is 3.42. The summed E-state index contributed by atoms with van der Waals surface area (Å²) < 4.78 is 0. The number of carbonyl (C=O) groups excluding carboxylic acids is 1. The molecule has 0 heterocycles. The zero-order valence-electron chi connectivity index (χ0n) is 11.5. The predicted molar refractivity (Wildman–Crippen MR) is 80.3 cm³/mol. The van der Waals surface area contributed by atoms with Crippen LogP contribution in [0.4, 0.5) is 5.69 Å². The van der Waals surface area contributed by atoms with Gasteiger partial charge in [0.2, 0.25) is 5.91 Å². The van der Waals surface area contributed by atoms with Gasteiger partial charge in [0.25, 0.3) is 0 Å². The van der Waals surface area contributed by atoms with Crippen LogP contribution in [0.1, 0.15) is 17.9 Å². The number of para-hydroxylation sites is 1. The maximum atomic E-state index is 12.2. The summed E-state index contributed by atoms with van der Waals surface area (Å²) >= 11 is 0. The lowest BCUT2D eigenvalue weighted by Gasteiger charge is -2.20. The topological polar surface area (TPSA) is 32.3 Å². The van der Waals surface area contributed by atoms with Crippen LogP contribution in [0.3, 0.4) is 0 Å². The number of rotatable bonds is 4. The quantitative estimate of drug-likeness (QED) is 0.863. The number of hydrazine groups is 1. The third-order valence-corrected chi connectivity index (χ3v) is 3.78. The van der Waals surface area contributed by atoms with E-state index in [9.17, 15) is 4.79 Å². The summed E-state index contributed by atoms with van der Waals surface area (Å²) in [6.07, 6.45) is 0.943. The van der Waals surface area contributed by atoms with Crippen molar-refractivity contribution >= 4 is 11.6 Å². The average Bonchev–Trinajstić information content (AvgIpc) is 3.29. The molecule has 1 N–H and O–H groups in total. The Bertz CT molecular complexity index is 582. The minimum absolute atomic E-state index is 0.101. The molecule has 3 heteroatoms. The monoisotopic (exact) mass is 266 g/mol. The number of amides is 1. The Hall–Kier alpha value is -2.29. The number of carbonyl (C=O) groups is 1. The lowest BCUT2D eigenvalue weighted by molar-refractivity contribution is -0.122. The lowest BCUT2D eigenvalue weighted by atomic mass is 10.1. The second kappa shape index (κ2) is 5.37. The first-order chi connectivity index (χ1) is 9.75. The van der Waals surface area contributed by atoms with Crippen LogP contribution in [0.5, 0.6) is 0 Å². The van der Waals surface area contributed by atoms with Crippen LogP contribution in [0.25, 0.3) is 0 Å². The molecular weight excluding hydrogens is 248 g/mol. The van der Waals surface area contributed by atoms with Crippen molar-refractivity contribution in [3.8, 4) is 0 Å². The summed E-state index contributed by atoms with van der Waals surface area (Å²) in [5.74, 6) is 0.578. The average molecular weight is 266 g/mol. The van der Waals surface area contributed by atoms with Crippen molar-refractivity contribution in [3.05, 3.63) is 66.2 Å². The number of anilines is 1. The number of benzene rings is 2. The summed E-state index contributed by atoms with van der Waals surface area (Å²) in [6, 6.07) is 20.1. The van der Waals surface area contributed by atoms with Gasteiger partial charge in [0.05, 0.1) is 5.69 Å². The van der Waals surface area contributed by atoms with Crippen molar-refractivity contribution in [2.75, 3.05) is 12.1 Å². The summed E-state index contributed by atoms with van der Waals surface area (Å²) in [4.78, 5) is 12.2. The van der Waals surface area contributed by atoms with Crippen LogP contribution in [0.15, 0.2) is 60.7 Å². The first-order valence-corrected chi connectivity index (χ1v) is 6.90. The van der Waals surface area contributed by atoms with Gasteiger partial charge in [0, 0.05) is 13.0 Å². The Morgan fingerprint density at radius 2 is 1.65 bits per heavy atom. The molecule has 3 rings (SSSR count). The molecule has 1 amide bonds. The van der Waals surface area contributed by atoms with E-state index >= 15 is 0 Å². The Labute approximate surface area is 119 Å². The fraction of sp³-hybridized carbons (Fsp3) is 0.235. The number of nitrogens with zero attached hydrogens (tertiary/aromatic N) is 1. The van der Waals surface area contributed by atoms with Crippen molar-refractivity contribution in [2.45, 2.75) is 12.3 Å². The molecular formula is C17H18N2O.